The highest BCUT2D eigenvalue weighted by Crippen LogP contribution is 2.31. The van der Waals surface area contributed by atoms with Crippen LogP contribution < -0.4 is 5.32 Å². The van der Waals surface area contributed by atoms with E-state index in [0.717, 1.165) is 23.5 Å². The molecule has 2 aromatic heterocycles. The lowest BCUT2D eigenvalue weighted by atomic mass is 10.0. The molecule has 1 amide bonds. The molecule has 21 heavy (non-hydrogen) atoms. The molecule has 2 N–H and O–H groups in total. The first-order chi connectivity index (χ1) is 10.2. The zero-order valence-corrected chi connectivity index (χ0v) is 12.6. The van der Waals surface area contributed by atoms with Gasteiger partial charge in [0.1, 0.15) is 5.00 Å². The number of nitrogens with zero attached hydrogens (tertiary/aromatic N) is 2. The number of oxime groups is 1. The van der Waals surface area contributed by atoms with Crippen LogP contribution in [0.3, 0.4) is 0 Å². The van der Waals surface area contributed by atoms with Crippen molar-refractivity contribution < 1.29 is 10.0 Å². The average Bonchev–Trinajstić information content (AvgIpc) is 3.11. The summed E-state index contributed by atoms with van der Waals surface area (Å²) in [5.41, 5.74) is 2.42. The summed E-state index contributed by atoms with van der Waals surface area (Å²) in [6.07, 6.45) is 4.13. The van der Waals surface area contributed by atoms with Crippen LogP contribution >= 0.6 is 11.3 Å². The van der Waals surface area contributed by atoms with Gasteiger partial charge in [-0.25, -0.2) is 0 Å². The standard InChI is InChI=1S/C15H17N3O2S/c1-2-4-10(17-20)9-12-13-5-3-7-18(13)15-11(6-8-21-15)14(19)16-12/h3,5-8,12,20H,2,4,9H2,1H3,(H,16,19)/b17-10-. The molecule has 1 atom stereocenters. The predicted octanol–water partition coefficient (Wildman–Crippen LogP) is 3.34. The van der Waals surface area contributed by atoms with E-state index in [1.54, 1.807) is 11.3 Å². The first-order valence-corrected chi connectivity index (χ1v) is 7.88. The molecule has 0 radical (unpaired) electrons. The highest BCUT2D eigenvalue weighted by molar-refractivity contribution is 7.13. The van der Waals surface area contributed by atoms with Crippen LogP contribution in [0.15, 0.2) is 34.9 Å². The minimum atomic E-state index is -0.176. The summed E-state index contributed by atoms with van der Waals surface area (Å²) in [7, 11) is 0. The molecule has 0 aromatic carbocycles. The number of aromatic nitrogens is 1. The number of rotatable bonds is 4. The van der Waals surface area contributed by atoms with E-state index in [0.29, 0.717) is 17.7 Å². The number of thiophene rings is 1. The van der Waals surface area contributed by atoms with E-state index in [4.69, 9.17) is 5.21 Å². The summed E-state index contributed by atoms with van der Waals surface area (Å²) in [6, 6.07) is 5.64. The van der Waals surface area contributed by atoms with Crippen LogP contribution in [0.1, 0.15) is 48.3 Å². The summed E-state index contributed by atoms with van der Waals surface area (Å²) in [5, 5.41) is 18.4. The minimum absolute atomic E-state index is 0.0752. The van der Waals surface area contributed by atoms with Crippen LogP contribution in [-0.2, 0) is 0 Å². The van der Waals surface area contributed by atoms with Gasteiger partial charge >= 0.3 is 0 Å². The number of carbonyl (C=O) groups is 1. The Kier molecular flexibility index (Phi) is 3.79. The Bertz CT molecular complexity index is 687. The van der Waals surface area contributed by atoms with E-state index in [-0.39, 0.29) is 11.9 Å². The van der Waals surface area contributed by atoms with E-state index in [1.807, 2.05) is 41.3 Å². The van der Waals surface area contributed by atoms with Gasteiger partial charge in [-0.15, -0.1) is 11.3 Å². The van der Waals surface area contributed by atoms with E-state index >= 15 is 0 Å². The molecule has 1 aliphatic rings. The lowest BCUT2D eigenvalue weighted by molar-refractivity contribution is 0.0940. The number of nitrogens with one attached hydrogen (secondary N) is 1. The summed E-state index contributed by atoms with van der Waals surface area (Å²) >= 11 is 1.55. The molecule has 0 bridgehead atoms. The first kappa shape index (κ1) is 13.9. The fraction of sp³-hybridized carbons (Fsp3) is 0.333. The van der Waals surface area contributed by atoms with Gasteiger partial charge in [0.2, 0.25) is 0 Å². The topological polar surface area (TPSA) is 66.6 Å². The maximum absolute atomic E-state index is 12.4. The molecule has 0 fully saturated rings. The summed E-state index contributed by atoms with van der Waals surface area (Å²) in [5.74, 6) is -0.0752. The van der Waals surface area contributed by atoms with Gasteiger partial charge in [-0.2, -0.15) is 0 Å². The number of hydrogen-bond donors (Lipinski definition) is 2. The molecule has 0 spiro atoms. The number of amides is 1. The summed E-state index contributed by atoms with van der Waals surface area (Å²) < 4.78 is 2.05. The SMILES string of the molecule is CCC/C(CC1NC(=O)c2ccsc2-n2cccc21)=N/O. The third-order valence-electron chi connectivity index (χ3n) is 3.67. The third-order valence-corrected chi connectivity index (χ3v) is 4.58. The highest BCUT2D eigenvalue weighted by Gasteiger charge is 2.27. The second-order valence-electron chi connectivity index (χ2n) is 5.09. The largest absolute Gasteiger partial charge is 0.411 e. The van der Waals surface area contributed by atoms with E-state index in [9.17, 15) is 4.79 Å². The van der Waals surface area contributed by atoms with Crippen molar-refractivity contribution in [2.45, 2.75) is 32.2 Å². The van der Waals surface area contributed by atoms with Crippen molar-refractivity contribution >= 4 is 23.0 Å². The Balaban J connectivity index is 1.98. The molecule has 0 aliphatic carbocycles. The lowest BCUT2D eigenvalue weighted by Gasteiger charge is -2.17. The molecule has 3 heterocycles. The Morgan fingerprint density at radius 1 is 1.52 bits per heavy atom. The molecule has 0 saturated carbocycles. The van der Waals surface area contributed by atoms with Crippen molar-refractivity contribution in [3.63, 3.8) is 0 Å². The van der Waals surface area contributed by atoms with Gasteiger partial charge in [-0.3, -0.25) is 4.79 Å². The van der Waals surface area contributed by atoms with Gasteiger partial charge < -0.3 is 15.1 Å². The quantitative estimate of drug-likeness (QED) is 0.517. The van der Waals surface area contributed by atoms with Crippen LogP contribution in [0, 0.1) is 0 Å². The zero-order chi connectivity index (χ0) is 14.8. The highest BCUT2D eigenvalue weighted by atomic mass is 32.1. The van der Waals surface area contributed by atoms with Crippen LogP contribution in [0.4, 0.5) is 0 Å². The Hall–Kier alpha value is -2.08. The predicted molar refractivity (Wildman–Crippen MR) is 82.6 cm³/mol. The molecule has 110 valence electrons. The summed E-state index contributed by atoms with van der Waals surface area (Å²) in [4.78, 5) is 12.4. The van der Waals surface area contributed by atoms with Crippen LogP contribution in [0.25, 0.3) is 5.00 Å². The van der Waals surface area contributed by atoms with Gasteiger partial charge in [0.25, 0.3) is 5.91 Å². The van der Waals surface area contributed by atoms with Crippen molar-refractivity contribution in [2.75, 3.05) is 0 Å². The van der Waals surface area contributed by atoms with Crippen molar-refractivity contribution in [2.24, 2.45) is 5.16 Å². The van der Waals surface area contributed by atoms with Gasteiger partial charge in [0, 0.05) is 18.3 Å². The molecule has 5 nitrogen and oxygen atoms in total. The van der Waals surface area contributed by atoms with Crippen molar-refractivity contribution in [3.05, 3.63) is 41.0 Å². The maximum atomic E-state index is 12.4. The molecule has 0 saturated heterocycles. The second-order valence-corrected chi connectivity index (χ2v) is 5.98. The van der Waals surface area contributed by atoms with E-state index in [1.165, 1.54) is 0 Å². The normalized spacial score (nSPS) is 17.9. The average molecular weight is 303 g/mol. The molecule has 6 heteroatoms. The van der Waals surface area contributed by atoms with Gasteiger partial charge in [-0.05, 0) is 30.0 Å². The van der Waals surface area contributed by atoms with E-state index < -0.39 is 0 Å². The minimum Gasteiger partial charge on any atom is -0.411 e. The van der Waals surface area contributed by atoms with Crippen LogP contribution in [-0.4, -0.2) is 21.4 Å². The van der Waals surface area contributed by atoms with Gasteiger partial charge in [-0.1, -0.05) is 18.5 Å². The zero-order valence-electron chi connectivity index (χ0n) is 11.7. The van der Waals surface area contributed by atoms with Crippen molar-refractivity contribution in [1.82, 2.24) is 9.88 Å². The van der Waals surface area contributed by atoms with Crippen LogP contribution in [0.5, 0.6) is 0 Å². The molecule has 2 aromatic rings. The number of fused-ring (bicyclic) bond motifs is 3. The molecule has 1 unspecified atom stereocenters. The third kappa shape index (κ3) is 2.47. The molecular formula is C15H17N3O2S. The van der Waals surface area contributed by atoms with Gasteiger partial charge in [0.15, 0.2) is 0 Å². The first-order valence-electron chi connectivity index (χ1n) is 7.00. The van der Waals surface area contributed by atoms with Gasteiger partial charge in [0.05, 0.1) is 17.3 Å². The van der Waals surface area contributed by atoms with E-state index in [2.05, 4.69) is 10.5 Å². The fourth-order valence-electron chi connectivity index (χ4n) is 2.71. The second kappa shape index (κ2) is 5.73. The van der Waals surface area contributed by atoms with Crippen molar-refractivity contribution in [1.29, 1.82) is 0 Å². The Labute approximate surface area is 126 Å². The smallest absolute Gasteiger partial charge is 0.254 e. The van der Waals surface area contributed by atoms with Crippen LogP contribution in [0.2, 0.25) is 0 Å². The Morgan fingerprint density at radius 2 is 2.38 bits per heavy atom. The monoisotopic (exact) mass is 303 g/mol. The molecule has 3 rings (SSSR count). The Morgan fingerprint density at radius 3 is 3.14 bits per heavy atom. The maximum Gasteiger partial charge on any atom is 0.254 e. The lowest BCUT2D eigenvalue weighted by Crippen LogP contribution is -2.29. The number of carbonyl (C=O) groups excluding carboxylic acids is 1. The molecular weight excluding hydrogens is 286 g/mol. The van der Waals surface area contributed by atoms with Crippen molar-refractivity contribution in [3.8, 4) is 5.00 Å². The molecule has 1 aliphatic heterocycles. The summed E-state index contributed by atoms with van der Waals surface area (Å²) in [6.45, 7) is 2.04. The number of hydrogen-bond acceptors (Lipinski definition) is 4. The fourth-order valence-corrected chi connectivity index (χ4v) is 3.61.